The van der Waals surface area contributed by atoms with E-state index in [-0.39, 0.29) is 6.08 Å². The Labute approximate surface area is 71.2 Å². The normalized spacial score (nSPS) is 18.1. The number of hydrogen-bond acceptors (Lipinski definition) is 0. The molecule has 0 saturated heterocycles. The van der Waals surface area contributed by atoms with Crippen molar-refractivity contribution in [2.24, 2.45) is 0 Å². The van der Waals surface area contributed by atoms with E-state index in [1.165, 1.54) is 0 Å². The minimum absolute atomic E-state index is 0.270. The summed E-state index contributed by atoms with van der Waals surface area (Å²) >= 11 is 0. The molecule has 0 bridgehead atoms. The standard InChI is InChI=1S/C7H8F6/c1-3-6(10,11)5(9)7(12,13)4(2)8/h3-5H,1H2,2H3. The SMILES string of the molecule is C=CC(F)(F)C(F)C(F)(F)C(C)F. The van der Waals surface area contributed by atoms with Crippen LogP contribution in [-0.2, 0) is 0 Å². The molecule has 0 aliphatic rings. The number of halogens is 6. The highest BCUT2D eigenvalue weighted by Gasteiger charge is 2.57. The quantitative estimate of drug-likeness (QED) is 0.489. The molecule has 0 heterocycles. The summed E-state index contributed by atoms with van der Waals surface area (Å²) in [5.74, 6) is -9.14. The summed E-state index contributed by atoms with van der Waals surface area (Å²) in [6.07, 6.45) is -7.14. The van der Waals surface area contributed by atoms with Crippen LogP contribution in [-0.4, -0.2) is 24.2 Å². The van der Waals surface area contributed by atoms with Gasteiger partial charge in [-0.2, -0.15) is 17.6 Å². The van der Waals surface area contributed by atoms with E-state index in [0.717, 1.165) is 0 Å². The van der Waals surface area contributed by atoms with Crippen molar-refractivity contribution in [2.45, 2.75) is 31.1 Å². The molecule has 0 aliphatic heterocycles. The van der Waals surface area contributed by atoms with Crippen molar-refractivity contribution in [1.29, 1.82) is 0 Å². The largest absolute Gasteiger partial charge is 0.315 e. The van der Waals surface area contributed by atoms with E-state index < -0.39 is 24.2 Å². The smallest absolute Gasteiger partial charge is 0.241 e. The lowest BCUT2D eigenvalue weighted by atomic mass is 10.0. The highest BCUT2D eigenvalue weighted by atomic mass is 19.3. The average molecular weight is 206 g/mol. The first kappa shape index (κ1) is 12.3. The highest BCUT2D eigenvalue weighted by Crippen LogP contribution is 2.37. The van der Waals surface area contributed by atoms with Crippen LogP contribution in [0.15, 0.2) is 12.7 Å². The van der Waals surface area contributed by atoms with Crippen LogP contribution in [0.25, 0.3) is 0 Å². The summed E-state index contributed by atoms with van der Waals surface area (Å²) in [4.78, 5) is 0. The highest BCUT2D eigenvalue weighted by molar-refractivity contribution is 5.01. The van der Waals surface area contributed by atoms with Crippen LogP contribution >= 0.6 is 0 Å². The minimum Gasteiger partial charge on any atom is -0.241 e. The molecule has 0 N–H and O–H groups in total. The van der Waals surface area contributed by atoms with Gasteiger partial charge in [-0.3, -0.25) is 0 Å². The molecule has 0 aromatic heterocycles. The van der Waals surface area contributed by atoms with Gasteiger partial charge in [-0.05, 0) is 13.0 Å². The van der Waals surface area contributed by atoms with Crippen LogP contribution in [0.3, 0.4) is 0 Å². The van der Waals surface area contributed by atoms with E-state index in [1.54, 1.807) is 0 Å². The Bertz CT molecular complexity index is 185. The summed E-state index contributed by atoms with van der Waals surface area (Å²) in [5.41, 5.74) is 0. The molecule has 0 aliphatic carbocycles. The van der Waals surface area contributed by atoms with Crippen LogP contribution < -0.4 is 0 Å². The van der Waals surface area contributed by atoms with E-state index >= 15 is 0 Å². The Kier molecular flexibility index (Phi) is 3.40. The van der Waals surface area contributed by atoms with Crippen LogP contribution in [0.1, 0.15) is 6.92 Å². The van der Waals surface area contributed by atoms with E-state index in [9.17, 15) is 26.3 Å². The molecule has 0 radical (unpaired) electrons. The van der Waals surface area contributed by atoms with Gasteiger partial charge in [-0.15, -0.1) is 0 Å². The Morgan fingerprint density at radius 2 is 1.54 bits per heavy atom. The molecule has 2 atom stereocenters. The van der Waals surface area contributed by atoms with E-state index in [1.807, 2.05) is 0 Å². The van der Waals surface area contributed by atoms with Crippen LogP contribution in [0.5, 0.6) is 0 Å². The fourth-order valence-corrected chi connectivity index (χ4v) is 0.562. The molecule has 6 heteroatoms. The Morgan fingerprint density at radius 1 is 1.15 bits per heavy atom. The number of alkyl halides is 6. The Morgan fingerprint density at radius 3 is 1.77 bits per heavy atom. The summed E-state index contributed by atoms with van der Waals surface area (Å²) in [6, 6.07) is 0. The Balaban J connectivity index is 4.77. The second kappa shape index (κ2) is 3.59. The predicted octanol–water partition coefficient (Wildman–Crippen LogP) is 3.14. The lowest BCUT2D eigenvalue weighted by Gasteiger charge is -2.26. The number of rotatable bonds is 4. The zero-order valence-corrected chi connectivity index (χ0v) is 6.71. The third-order valence-corrected chi connectivity index (χ3v) is 1.48. The molecule has 0 aromatic rings. The van der Waals surface area contributed by atoms with Gasteiger partial charge in [-0.25, -0.2) is 8.78 Å². The van der Waals surface area contributed by atoms with Gasteiger partial charge in [0.25, 0.3) is 0 Å². The summed E-state index contributed by atoms with van der Waals surface area (Å²) in [7, 11) is 0. The summed E-state index contributed by atoms with van der Waals surface area (Å²) < 4.78 is 73.7. The van der Waals surface area contributed by atoms with Crippen LogP contribution in [0.2, 0.25) is 0 Å². The molecule has 0 saturated carbocycles. The molecule has 13 heavy (non-hydrogen) atoms. The predicted molar refractivity (Wildman–Crippen MR) is 35.6 cm³/mol. The maximum atomic E-state index is 12.4. The van der Waals surface area contributed by atoms with Crippen molar-refractivity contribution < 1.29 is 26.3 Å². The van der Waals surface area contributed by atoms with Crippen molar-refractivity contribution in [1.82, 2.24) is 0 Å². The van der Waals surface area contributed by atoms with E-state index in [0.29, 0.717) is 6.92 Å². The summed E-state index contributed by atoms with van der Waals surface area (Å²) in [6.45, 7) is 2.79. The minimum atomic E-state index is -4.71. The first-order chi connectivity index (χ1) is 5.66. The van der Waals surface area contributed by atoms with Gasteiger partial charge >= 0.3 is 11.8 Å². The van der Waals surface area contributed by atoms with Crippen molar-refractivity contribution in [2.75, 3.05) is 0 Å². The fraction of sp³-hybridized carbons (Fsp3) is 0.714. The third-order valence-electron chi connectivity index (χ3n) is 1.48. The molecule has 0 spiro atoms. The van der Waals surface area contributed by atoms with Crippen molar-refractivity contribution >= 4 is 0 Å². The number of hydrogen-bond donors (Lipinski definition) is 0. The fourth-order valence-electron chi connectivity index (χ4n) is 0.562. The maximum Gasteiger partial charge on any atom is 0.315 e. The molecule has 0 aromatic carbocycles. The van der Waals surface area contributed by atoms with Crippen molar-refractivity contribution in [3.05, 3.63) is 12.7 Å². The first-order valence-electron chi connectivity index (χ1n) is 3.33. The lowest BCUT2D eigenvalue weighted by molar-refractivity contribution is -0.186. The molecular weight excluding hydrogens is 198 g/mol. The second-order valence-corrected chi connectivity index (χ2v) is 2.53. The van der Waals surface area contributed by atoms with Crippen molar-refractivity contribution in [3.63, 3.8) is 0 Å². The Hall–Kier alpha value is -0.680. The first-order valence-corrected chi connectivity index (χ1v) is 3.33. The van der Waals surface area contributed by atoms with Gasteiger partial charge in [0, 0.05) is 0 Å². The maximum absolute atomic E-state index is 12.4. The van der Waals surface area contributed by atoms with Gasteiger partial charge in [0.2, 0.25) is 6.17 Å². The topological polar surface area (TPSA) is 0 Å². The van der Waals surface area contributed by atoms with Crippen molar-refractivity contribution in [3.8, 4) is 0 Å². The van der Waals surface area contributed by atoms with Gasteiger partial charge in [0.1, 0.15) is 0 Å². The van der Waals surface area contributed by atoms with Gasteiger partial charge in [-0.1, -0.05) is 6.58 Å². The van der Waals surface area contributed by atoms with Crippen LogP contribution in [0.4, 0.5) is 26.3 Å². The van der Waals surface area contributed by atoms with Gasteiger partial charge < -0.3 is 0 Å². The third kappa shape index (κ3) is 2.38. The summed E-state index contributed by atoms with van der Waals surface area (Å²) in [5, 5.41) is 0. The second-order valence-electron chi connectivity index (χ2n) is 2.53. The van der Waals surface area contributed by atoms with Crippen LogP contribution in [0, 0.1) is 0 Å². The average Bonchev–Trinajstić information content (AvgIpc) is 2.02. The van der Waals surface area contributed by atoms with E-state index in [4.69, 9.17) is 0 Å². The zero-order chi connectivity index (χ0) is 10.9. The molecule has 78 valence electrons. The lowest BCUT2D eigenvalue weighted by Crippen LogP contribution is -2.47. The molecular formula is C7H8F6. The van der Waals surface area contributed by atoms with Gasteiger partial charge in [0.15, 0.2) is 6.17 Å². The molecule has 0 amide bonds. The molecule has 0 rings (SSSR count). The number of allylic oxidation sites excluding steroid dienone is 1. The molecule has 2 unspecified atom stereocenters. The molecule has 0 fully saturated rings. The van der Waals surface area contributed by atoms with Gasteiger partial charge in [0.05, 0.1) is 0 Å². The zero-order valence-electron chi connectivity index (χ0n) is 6.71. The van der Waals surface area contributed by atoms with E-state index in [2.05, 4.69) is 6.58 Å². The molecule has 0 nitrogen and oxygen atoms in total. The monoisotopic (exact) mass is 206 g/mol.